The molecule has 44 heteroatoms. The molecule has 3 aromatic carbocycles. The second kappa shape index (κ2) is 49.6. The number of thiophene rings is 1. The van der Waals surface area contributed by atoms with Gasteiger partial charge in [0.2, 0.25) is 100 Å². The molecule has 9 rings (SSSR count). The fraction of sp³-hybridized carbons (Fsp3) is 0.527. The van der Waals surface area contributed by atoms with Gasteiger partial charge in [-0.15, -0.1) is 23.1 Å². The van der Waals surface area contributed by atoms with Gasteiger partial charge in [0, 0.05) is 99.4 Å². The highest BCUT2D eigenvalue weighted by atomic mass is 32.2. The maximum absolute atomic E-state index is 15.8. The number of aliphatic hydroxyl groups excluding tert-OH is 1. The fourth-order valence-electron chi connectivity index (χ4n) is 16.5. The Labute approximate surface area is 789 Å². The molecule has 42 nitrogen and oxygen atoms in total. The van der Waals surface area contributed by atoms with E-state index in [1.807, 2.05) is 32.0 Å². The van der Waals surface area contributed by atoms with Gasteiger partial charge in [-0.1, -0.05) is 109 Å². The van der Waals surface area contributed by atoms with E-state index in [0.29, 0.717) is 59.0 Å². The summed E-state index contributed by atoms with van der Waals surface area (Å²) in [6.07, 6.45) is 4.31. The average molecular weight is 1910 g/mol. The Hall–Kier alpha value is -13.3. The average Bonchev–Trinajstić information content (AvgIpc) is 1.58. The molecule has 6 aromatic rings. The number of hydrogen-bond acceptors (Lipinski definition) is 23. The highest BCUT2D eigenvalue weighted by Crippen LogP contribution is 2.44. The van der Waals surface area contributed by atoms with Crippen molar-refractivity contribution in [3.8, 4) is 5.75 Å². The maximum Gasteiger partial charge on any atom is 0.246 e. The summed E-state index contributed by atoms with van der Waals surface area (Å²) in [6, 6.07) is 0.0935. The molecule has 1 saturated carbocycles. The number of phenolic OH excluding ortho intramolecular Hbond substituents is 1. The van der Waals surface area contributed by atoms with E-state index in [2.05, 4.69) is 78.8 Å². The normalized spacial score (nSPS) is 25.1. The molecule has 2 aliphatic heterocycles. The van der Waals surface area contributed by atoms with Gasteiger partial charge >= 0.3 is 0 Å². The van der Waals surface area contributed by atoms with Crippen molar-refractivity contribution in [2.75, 3.05) is 58.9 Å². The standard InChI is InChI=1S/C91H127N23O19S2/c1-10-12-24-69-83(127)102-60(23-18-32-97-90(94)95)78(122)108-68(77(121)99-43-74(93)118)46-134-47-75(119)101-65(35-52-28-30-56(116)31-29-52)85(129)111(7)51(6)76(120)103-63(39-73(92)117)82(126)110-91(40-50(91)5)89(133)109-62(38-55-42-96-48-100-55)80(124)105-64(34-49(3)4)87(131)114-33-19-26-70(114)84(128)104-61(36-53-41-98-59-22-16-14-20-57(53)59)79(123)107-67(44-115)81(125)106-66(37-54-45-135-72-27-17-15-21-58(54)72)86(130)113(9)71(25-13-11-2)88(132)112(69)8/h14-17,20-22,27-31,41-42,45,48-51,60-71,98,115-116H,10-13,18-19,23-26,32-40,43-44,46-47H2,1-9H3,(H2,92,117)(H2,93,118)(H,96,100)(H,99,121)(H,101,119)(H,102,127)(H,103,120)(H,104,128)(H,105,124)(H,106,125)(H,107,123)(H,108,122)(H,109,133)(H,110,126)(H4,94,95,97)/t50-,51-,60-,61-,62-,63-,64-,65-,66-,67-,68?,69-,70-,71-,91-/m0/s1. The second-order valence-electron chi connectivity index (χ2n) is 35.0. The zero-order valence-electron chi connectivity index (χ0n) is 77.3. The lowest BCUT2D eigenvalue weighted by Crippen LogP contribution is -2.62. The largest absolute Gasteiger partial charge is 0.508 e. The number of guanidine groups is 1. The third-order valence-electron chi connectivity index (χ3n) is 24.4. The topological polar surface area (TPSA) is 634 Å². The Morgan fingerprint density at radius 3 is 1.83 bits per heavy atom. The second-order valence-corrected chi connectivity index (χ2v) is 37.0. The zero-order valence-corrected chi connectivity index (χ0v) is 78.9. The van der Waals surface area contributed by atoms with Gasteiger partial charge in [0.15, 0.2) is 5.96 Å². The number of nitrogens with two attached hydrogens (primary N) is 3. The molecular formula is C91H127N23O19S2. The SMILES string of the molecule is CCCC[C@H]1C(=O)N(C)[C@@H](CCCC)C(=O)N[C@@H](CCCNC(=N)N)C(=O)NC(C(=O)NCC(N)=O)CSCC(=O)N[C@@H](Cc2ccc(O)cc2)C(=O)N(C)[C@@H](C)C(=O)N[C@@H](CC(N)=O)C(=O)N[C@]2(C[C@@H]2C)C(=O)N[C@@H](Cc2cnc[nH]2)C(=O)N[C@@H](CC(C)C)C(=O)N2CCC[C@H]2C(=O)N[C@@H](Cc2c[nH]c3ccccc23)C(=O)N[C@@H](CO)C(=O)N[C@@H](Cc2csc3ccccc23)C(=O)N1C. The lowest BCUT2D eigenvalue weighted by molar-refractivity contribution is -0.149. The lowest BCUT2D eigenvalue weighted by atomic mass is 10.00. The van der Waals surface area contributed by atoms with Crippen molar-refractivity contribution < 1.29 is 91.7 Å². The number of likely N-dealkylation sites (N-methyl/N-ethyl adjacent to an activating group) is 3. The molecule has 2 saturated heterocycles. The summed E-state index contributed by atoms with van der Waals surface area (Å²) in [7, 11) is 3.94. The number of phenols is 1. The Morgan fingerprint density at radius 2 is 1.19 bits per heavy atom. The maximum atomic E-state index is 15.8. The number of benzene rings is 3. The van der Waals surface area contributed by atoms with Gasteiger partial charge < -0.3 is 121 Å². The van der Waals surface area contributed by atoms with Crippen molar-refractivity contribution in [1.29, 1.82) is 5.41 Å². The van der Waals surface area contributed by atoms with Crippen LogP contribution < -0.4 is 81.0 Å². The van der Waals surface area contributed by atoms with Crippen LogP contribution in [0.5, 0.6) is 5.75 Å². The summed E-state index contributed by atoms with van der Waals surface area (Å²) < 4.78 is 0.824. The van der Waals surface area contributed by atoms with Gasteiger partial charge in [-0.05, 0) is 122 Å². The van der Waals surface area contributed by atoms with E-state index in [4.69, 9.17) is 22.6 Å². The molecule has 5 heterocycles. The molecule has 0 radical (unpaired) electrons. The first-order valence-electron chi connectivity index (χ1n) is 45.3. The first kappa shape index (κ1) is 105. The molecule has 3 aliphatic rings. The van der Waals surface area contributed by atoms with Crippen LogP contribution in [0.15, 0.2) is 96.9 Å². The molecule has 3 fully saturated rings. The zero-order chi connectivity index (χ0) is 98.7. The van der Waals surface area contributed by atoms with Crippen LogP contribution >= 0.6 is 23.1 Å². The number of para-hydroxylation sites is 1. The van der Waals surface area contributed by atoms with Crippen molar-refractivity contribution in [3.63, 3.8) is 0 Å². The number of unbranched alkanes of at least 4 members (excludes halogenated alkanes) is 2. The molecule has 15 atom stereocenters. The molecule has 23 N–H and O–H groups in total. The number of aromatic amines is 2. The van der Waals surface area contributed by atoms with Crippen molar-refractivity contribution in [2.24, 2.45) is 29.0 Å². The minimum absolute atomic E-state index is 0.00798. The summed E-state index contributed by atoms with van der Waals surface area (Å²) in [4.78, 5) is 265. The van der Waals surface area contributed by atoms with Gasteiger partial charge in [-0.25, -0.2) is 4.98 Å². The van der Waals surface area contributed by atoms with Gasteiger partial charge in [0.25, 0.3) is 0 Å². The van der Waals surface area contributed by atoms with Crippen LogP contribution in [0, 0.1) is 17.2 Å². The Bertz CT molecular complexity index is 5250. The van der Waals surface area contributed by atoms with E-state index in [-0.39, 0.29) is 102 Å². The molecule has 135 heavy (non-hydrogen) atoms. The number of rotatable bonds is 26. The number of amides is 17. The van der Waals surface area contributed by atoms with Crippen molar-refractivity contribution in [1.82, 2.24) is 98.4 Å². The third kappa shape index (κ3) is 29.1. The molecule has 1 unspecified atom stereocenters. The van der Waals surface area contributed by atoms with Crippen LogP contribution in [0.4, 0.5) is 0 Å². The van der Waals surface area contributed by atoms with E-state index in [1.54, 1.807) is 62.7 Å². The minimum Gasteiger partial charge on any atom is -0.508 e. The first-order chi connectivity index (χ1) is 64.3. The number of carbonyl (C=O) groups is 17. The number of imidazole rings is 1. The summed E-state index contributed by atoms with van der Waals surface area (Å²) >= 11 is 2.12. The van der Waals surface area contributed by atoms with E-state index in [1.165, 1.54) is 86.0 Å². The predicted molar refractivity (Wildman–Crippen MR) is 502 cm³/mol. The molecule has 3 aromatic heterocycles. The number of carbonyl (C=O) groups excluding carboxylic acids is 17. The third-order valence-corrected chi connectivity index (χ3v) is 26.5. The number of aromatic hydroxyl groups is 1. The summed E-state index contributed by atoms with van der Waals surface area (Å²) in [5, 5.41) is 64.5. The van der Waals surface area contributed by atoms with Crippen LogP contribution in [0.25, 0.3) is 21.0 Å². The van der Waals surface area contributed by atoms with E-state index >= 15 is 38.4 Å². The van der Waals surface area contributed by atoms with Gasteiger partial charge in [-0.3, -0.25) is 86.9 Å². The predicted octanol–water partition coefficient (Wildman–Crippen LogP) is -1.26. The van der Waals surface area contributed by atoms with E-state index in [0.717, 1.165) is 31.6 Å². The number of aromatic nitrogens is 3. The van der Waals surface area contributed by atoms with Gasteiger partial charge in [0.05, 0.1) is 31.7 Å². The number of nitrogens with one attached hydrogen (secondary N) is 15. The Kier molecular flexibility index (Phi) is 38.8. The smallest absolute Gasteiger partial charge is 0.246 e. The number of aliphatic hydroxyl groups is 1. The number of H-pyrrole nitrogens is 2. The van der Waals surface area contributed by atoms with Crippen LogP contribution in [0.3, 0.4) is 0 Å². The fourth-order valence-corrected chi connectivity index (χ4v) is 18.3. The Morgan fingerprint density at radius 1 is 0.593 bits per heavy atom. The molecule has 732 valence electrons. The van der Waals surface area contributed by atoms with Crippen molar-refractivity contribution in [2.45, 2.75) is 235 Å². The molecule has 1 spiro atoms. The van der Waals surface area contributed by atoms with E-state index in [9.17, 15) is 53.4 Å². The number of hydrogen-bond donors (Lipinski definition) is 20. The summed E-state index contributed by atoms with van der Waals surface area (Å²) in [6.45, 7) is 8.36. The van der Waals surface area contributed by atoms with Crippen LogP contribution in [0.1, 0.15) is 147 Å². The molecular weight excluding hydrogens is 1780 g/mol. The van der Waals surface area contributed by atoms with E-state index < -0.39 is 227 Å². The number of nitrogens with zero attached hydrogens (tertiary/aromatic N) is 5. The van der Waals surface area contributed by atoms with Gasteiger partial charge in [-0.2, -0.15) is 0 Å². The number of primary amides is 2. The van der Waals surface area contributed by atoms with Crippen LogP contribution in [-0.4, -0.2) is 294 Å². The first-order valence-corrected chi connectivity index (χ1v) is 47.3. The molecule has 17 amide bonds. The lowest BCUT2D eigenvalue weighted by Gasteiger charge is -2.36. The van der Waals surface area contributed by atoms with Gasteiger partial charge in [0.1, 0.15) is 89.8 Å². The quantitative estimate of drug-likeness (QED) is 0.0171. The minimum atomic E-state index is -1.84. The monoisotopic (exact) mass is 1910 g/mol. The highest BCUT2D eigenvalue weighted by Gasteiger charge is 2.60. The van der Waals surface area contributed by atoms with Crippen LogP contribution in [-0.2, 0) is 107 Å². The summed E-state index contributed by atoms with van der Waals surface area (Å²) in [5.41, 5.74) is 17.5. The molecule has 0 bridgehead atoms. The molecule has 1 aliphatic carbocycles. The van der Waals surface area contributed by atoms with Crippen molar-refractivity contribution >= 4 is 150 Å². The summed E-state index contributed by atoms with van der Waals surface area (Å²) in [5.74, 6) is -18.2. The van der Waals surface area contributed by atoms with Crippen molar-refractivity contribution in [3.05, 3.63) is 119 Å². The Balaban J connectivity index is 1.10. The highest BCUT2D eigenvalue weighted by molar-refractivity contribution is 8.00. The number of fused-ring (bicyclic) bond motifs is 3. The number of thioether (sulfide) groups is 1. The van der Waals surface area contributed by atoms with Crippen LogP contribution in [0.2, 0.25) is 0 Å².